The van der Waals surface area contributed by atoms with Crippen molar-refractivity contribution in [2.45, 2.75) is 52.2 Å². The minimum absolute atomic E-state index is 0.0736. The Balaban J connectivity index is 1.31. The maximum atomic E-state index is 14.0. The van der Waals surface area contributed by atoms with Crippen LogP contribution in [0.2, 0.25) is 0 Å². The van der Waals surface area contributed by atoms with Gasteiger partial charge in [-0.1, -0.05) is 19.1 Å². The first-order chi connectivity index (χ1) is 19.2. The van der Waals surface area contributed by atoms with Gasteiger partial charge in [0.05, 0.1) is 23.3 Å². The van der Waals surface area contributed by atoms with E-state index in [-0.39, 0.29) is 18.2 Å². The average molecular weight is 546 g/mol. The van der Waals surface area contributed by atoms with Crippen LogP contribution in [-0.4, -0.2) is 54.6 Å². The van der Waals surface area contributed by atoms with E-state index < -0.39 is 17.5 Å². The minimum Gasteiger partial charge on any atom is -0.444 e. The van der Waals surface area contributed by atoms with E-state index in [9.17, 15) is 9.18 Å². The third-order valence-corrected chi connectivity index (χ3v) is 6.23. The van der Waals surface area contributed by atoms with Gasteiger partial charge in [0.2, 0.25) is 0 Å². The second-order valence-electron chi connectivity index (χ2n) is 10.6. The van der Waals surface area contributed by atoms with Crippen LogP contribution in [-0.2, 0) is 17.7 Å². The summed E-state index contributed by atoms with van der Waals surface area (Å²) in [6.07, 6.45) is 3.06. The molecule has 0 saturated carbocycles. The van der Waals surface area contributed by atoms with Crippen LogP contribution in [0.15, 0.2) is 59.3 Å². The van der Waals surface area contributed by atoms with E-state index >= 15 is 0 Å². The Morgan fingerprint density at radius 3 is 2.73 bits per heavy atom. The van der Waals surface area contributed by atoms with E-state index in [1.807, 2.05) is 52.0 Å². The highest BCUT2D eigenvalue weighted by atomic mass is 19.1. The number of carbonyl (C=O) groups excluding carboxylic acids is 1. The molecule has 1 aromatic carbocycles. The predicted molar refractivity (Wildman–Crippen MR) is 149 cm³/mol. The number of halogens is 1. The van der Waals surface area contributed by atoms with E-state index in [0.717, 1.165) is 16.9 Å². The van der Waals surface area contributed by atoms with Crippen LogP contribution in [0.4, 0.5) is 15.0 Å². The lowest BCUT2D eigenvalue weighted by Gasteiger charge is -2.28. The van der Waals surface area contributed by atoms with Crippen LogP contribution >= 0.6 is 0 Å². The second kappa shape index (κ2) is 11.3. The number of hydrogen-bond donors (Lipinski definition) is 2. The van der Waals surface area contributed by atoms with Gasteiger partial charge in [-0.05, 0) is 45.0 Å². The number of pyridine rings is 2. The molecule has 0 spiro atoms. The maximum Gasteiger partial charge on any atom is 0.410 e. The molecule has 1 atom stereocenters. The molecule has 0 fully saturated rings. The number of H-pyrrole nitrogens is 1. The lowest BCUT2D eigenvalue weighted by molar-refractivity contribution is 0.0239. The summed E-state index contributed by atoms with van der Waals surface area (Å²) in [7, 11) is 0. The Morgan fingerprint density at radius 1 is 1.12 bits per heavy atom. The Kier molecular flexibility index (Phi) is 7.63. The molecular weight excluding hydrogens is 513 g/mol. The molecule has 5 rings (SSSR count). The second-order valence-corrected chi connectivity index (χ2v) is 10.6. The van der Waals surface area contributed by atoms with Gasteiger partial charge in [0.15, 0.2) is 22.8 Å². The number of imidazole rings is 1. The van der Waals surface area contributed by atoms with Crippen LogP contribution in [0.25, 0.3) is 22.1 Å². The third-order valence-electron chi connectivity index (χ3n) is 6.23. The normalized spacial score (nSPS) is 12.5. The van der Waals surface area contributed by atoms with Gasteiger partial charge >= 0.3 is 6.09 Å². The molecule has 11 heteroatoms. The van der Waals surface area contributed by atoms with Crippen LogP contribution < -0.4 is 5.32 Å². The van der Waals surface area contributed by atoms with E-state index in [1.165, 1.54) is 12.3 Å². The Bertz CT molecular complexity index is 1590. The molecule has 2 N–H and O–H groups in total. The number of rotatable bonds is 9. The summed E-state index contributed by atoms with van der Waals surface area (Å²) in [5.74, 6) is 1.22. The number of oxazole rings is 1. The summed E-state index contributed by atoms with van der Waals surface area (Å²) in [6.45, 7) is 8.39. The molecular formula is C29H32FN7O3. The topological polar surface area (TPSA) is 122 Å². The molecule has 0 bridgehead atoms. The van der Waals surface area contributed by atoms with Crippen molar-refractivity contribution in [3.8, 4) is 0 Å². The van der Waals surface area contributed by atoms with Crippen molar-refractivity contribution in [1.29, 1.82) is 0 Å². The predicted octanol–water partition coefficient (Wildman–Crippen LogP) is 5.83. The number of para-hydroxylation sites is 2. The van der Waals surface area contributed by atoms with Gasteiger partial charge in [-0.15, -0.1) is 0 Å². The molecule has 5 aromatic rings. The van der Waals surface area contributed by atoms with Crippen molar-refractivity contribution in [2.24, 2.45) is 0 Å². The number of fused-ring (bicyclic) bond motifs is 2. The molecule has 1 unspecified atom stereocenters. The van der Waals surface area contributed by atoms with E-state index in [1.54, 1.807) is 23.2 Å². The number of amides is 1. The highest BCUT2D eigenvalue weighted by molar-refractivity contribution is 5.84. The molecule has 40 heavy (non-hydrogen) atoms. The monoisotopic (exact) mass is 545 g/mol. The third kappa shape index (κ3) is 6.36. The van der Waals surface area contributed by atoms with Gasteiger partial charge in [0, 0.05) is 43.9 Å². The van der Waals surface area contributed by atoms with Crippen molar-refractivity contribution < 1.29 is 18.3 Å². The van der Waals surface area contributed by atoms with E-state index in [0.29, 0.717) is 42.3 Å². The number of aromatic nitrogens is 5. The molecule has 10 nitrogen and oxygen atoms in total. The van der Waals surface area contributed by atoms with Crippen LogP contribution in [0.3, 0.4) is 0 Å². The number of nitrogens with one attached hydrogen (secondary N) is 2. The van der Waals surface area contributed by atoms with Crippen molar-refractivity contribution in [3.63, 3.8) is 0 Å². The molecule has 0 aliphatic rings. The zero-order chi connectivity index (χ0) is 28.3. The Morgan fingerprint density at radius 2 is 1.95 bits per heavy atom. The average Bonchev–Trinajstić information content (AvgIpc) is 3.54. The van der Waals surface area contributed by atoms with Crippen LogP contribution in [0.5, 0.6) is 0 Å². The molecule has 0 aliphatic heterocycles. The number of aromatic amines is 1. The number of benzene rings is 1. The van der Waals surface area contributed by atoms with Crippen LogP contribution in [0.1, 0.15) is 51.0 Å². The molecule has 4 aromatic heterocycles. The fourth-order valence-corrected chi connectivity index (χ4v) is 4.29. The summed E-state index contributed by atoms with van der Waals surface area (Å²) >= 11 is 0. The van der Waals surface area contributed by atoms with Gasteiger partial charge in [-0.2, -0.15) is 0 Å². The van der Waals surface area contributed by atoms with Gasteiger partial charge in [-0.3, -0.25) is 4.98 Å². The van der Waals surface area contributed by atoms with E-state index in [2.05, 4.69) is 25.3 Å². The fraction of sp³-hybridized carbons (Fsp3) is 0.345. The maximum absolute atomic E-state index is 14.0. The lowest BCUT2D eigenvalue weighted by Crippen LogP contribution is -2.40. The molecule has 1 amide bonds. The smallest absolute Gasteiger partial charge is 0.410 e. The number of anilines is 1. The quantitative estimate of drug-likeness (QED) is 0.237. The Labute approximate surface area is 231 Å². The van der Waals surface area contributed by atoms with Crippen molar-refractivity contribution in [2.75, 3.05) is 18.4 Å². The van der Waals surface area contributed by atoms with Gasteiger partial charge in [0.1, 0.15) is 17.2 Å². The van der Waals surface area contributed by atoms with Gasteiger partial charge in [0.25, 0.3) is 0 Å². The van der Waals surface area contributed by atoms with Crippen LogP contribution in [0, 0.1) is 5.82 Å². The molecule has 208 valence electrons. The first-order valence-electron chi connectivity index (χ1n) is 13.2. The molecule has 0 saturated heterocycles. The zero-order valence-electron chi connectivity index (χ0n) is 22.9. The van der Waals surface area contributed by atoms with Gasteiger partial charge in [-0.25, -0.2) is 24.1 Å². The highest BCUT2D eigenvalue weighted by Gasteiger charge is 2.25. The summed E-state index contributed by atoms with van der Waals surface area (Å²) in [4.78, 5) is 35.9. The first kappa shape index (κ1) is 27.0. The minimum atomic E-state index is -0.644. The van der Waals surface area contributed by atoms with Crippen molar-refractivity contribution in [3.05, 3.63) is 78.1 Å². The molecule has 0 radical (unpaired) electrons. The van der Waals surface area contributed by atoms with Crippen molar-refractivity contribution in [1.82, 2.24) is 29.8 Å². The number of nitrogens with zero attached hydrogens (tertiary/aromatic N) is 5. The summed E-state index contributed by atoms with van der Waals surface area (Å²) in [6, 6.07) is 12.4. The summed E-state index contributed by atoms with van der Waals surface area (Å²) in [5.41, 5.74) is 2.51. The van der Waals surface area contributed by atoms with Gasteiger partial charge < -0.3 is 24.4 Å². The number of ether oxygens (including phenoxy) is 1. The number of carbonyl (C=O) groups is 1. The first-order valence-corrected chi connectivity index (χ1v) is 13.2. The molecule has 4 heterocycles. The van der Waals surface area contributed by atoms with Crippen molar-refractivity contribution >= 4 is 34.0 Å². The standard InChI is InChI=1S/C29H32FN7O3/c1-18(26-34-20-9-5-6-10-21(20)35-26)17-37(28(38)40-29(2,3)4)15-12-24-36-25-23(39-24)11-14-32-27(25)33-16-22-19(30)8-7-13-31-22/h5-11,13-14,18H,12,15-17H2,1-4H3,(H,32,33)(H,34,35). The fourth-order valence-electron chi connectivity index (χ4n) is 4.29. The summed E-state index contributed by atoms with van der Waals surface area (Å²) in [5, 5.41) is 3.09. The lowest BCUT2D eigenvalue weighted by atomic mass is 10.1. The summed E-state index contributed by atoms with van der Waals surface area (Å²) < 4.78 is 25.7. The number of hydrogen-bond acceptors (Lipinski definition) is 8. The molecule has 0 aliphatic carbocycles. The SMILES string of the molecule is CC(CN(CCc1nc2c(NCc3ncccc3F)nccc2o1)C(=O)OC(C)(C)C)c1nc2ccccc2[nH]1. The van der Waals surface area contributed by atoms with E-state index in [4.69, 9.17) is 14.1 Å². The Hall–Kier alpha value is -4.54. The largest absolute Gasteiger partial charge is 0.444 e. The zero-order valence-corrected chi connectivity index (χ0v) is 22.9. The highest BCUT2D eigenvalue weighted by Crippen LogP contribution is 2.24.